The number of nitrogens with zero attached hydrogens (tertiary/aromatic N) is 2. The molecule has 0 saturated carbocycles. The van der Waals surface area contributed by atoms with E-state index in [9.17, 15) is 14.4 Å². The number of carbonyl (C=O) groups is 3. The highest BCUT2D eigenvalue weighted by Crippen LogP contribution is 2.28. The molecule has 2 amide bonds. The number of anilines is 2. The molecule has 130 valence electrons. The Bertz CT molecular complexity index is 816. The molecule has 0 spiro atoms. The molecular weight excluding hydrogens is 342 g/mol. The summed E-state index contributed by atoms with van der Waals surface area (Å²) in [5, 5.41) is 4.65. The lowest BCUT2D eigenvalue weighted by Crippen LogP contribution is -2.28. The van der Waals surface area contributed by atoms with Gasteiger partial charge in [-0.25, -0.2) is 4.98 Å². The van der Waals surface area contributed by atoms with Gasteiger partial charge < -0.3 is 15.0 Å². The Labute approximate surface area is 148 Å². The summed E-state index contributed by atoms with van der Waals surface area (Å²) in [6.45, 7) is 1.73. The second-order valence-corrected chi connectivity index (χ2v) is 6.54. The minimum atomic E-state index is -0.459. The third-order valence-corrected chi connectivity index (χ3v) is 4.73. The first-order chi connectivity index (χ1) is 12.0. The molecule has 1 saturated heterocycles. The van der Waals surface area contributed by atoms with Crippen LogP contribution in [-0.2, 0) is 9.59 Å². The number of hydrogen-bond acceptors (Lipinski definition) is 6. The molecule has 25 heavy (non-hydrogen) atoms. The molecule has 7 nitrogen and oxygen atoms in total. The average molecular weight is 359 g/mol. The van der Waals surface area contributed by atoms with Crippen LogP contribution >= 0.6 is 11.3 Å². The number of ether oxygens (including phenoxy) is 1. The van der Waals surface area contributed by atoms with Crippen LogP contribution in [0.15, 0.2) is 29.6 Å². The number of nitrogens with one attached hydrogen (secondary N) is 1. The molecule has 1 unspecified atom stereocenters. The van der Waals surface area contributed by atoms with Crippen LogP contribution in [-0.4, -0.2) is 36.2 Å². The number of ketones is 1. The molecule has 8 heteroatoms. The summed E-state index contributed by atoms with van der Waals surface area (Å²) in [6, 6.07) is 7.12. The molecule has 0 radical (unpaired) electrons. The van der Waals surface area contributed by atoms with Gasteiger partial charge in [0.25, 0.3) is 0 Å². The van der Waals surface area contributed by atoms with E-state index >= 15 is 0 Å². The van der Waals surface area contributed by atoms with Crippen LogP contribution in [0.2, 0.25) is 0 Å². The topological polar surface area (TPSA) is 88.6 Å². The summed E-state index contributed by atoms with van der Waals surface area (Å²) in [7, 11) is 1.58. The van der Waals surface area contributed by atoms with Crippen molar-refractivity contribution in [1.29, 1.82) is 0 Å². The van der Waals surface area contributed by atoms with Gasteiger partial charge in [0.15, 0.2) is 10.9 Å². The first-order valence-corrected chi connectivity index (χ1v) is 8.57. The molecule has 0 aliphatic carbocycles. The van der Waals surface area contributed by atoms with Crippen molar-refractivity contribution in [3.8, 4) is 5.75 Å². The van der Waals surface area contributed by atoms with Crippen molar-refractivity contribution in [2.45, 2.75) is 13.3 Å². The molecule has 3 rings (SSSR count). The summed E-state index contributed by atoms with van der Waals surface area (Å²) in [6.07, 6.45) is 0.142. The summed E-state index contributed by atoms with van der Waals surface area (Å²) in [5.74, 6) is -0.282. The molecule has 1 N–H and O–H groups in total. The van der Waals surface area contributed by atoms with Crippen LogP contribution in [0, 0.1) is 5.92 Å². The monoisotopic (exact) mass is 359 g/mol. The van der Waals surface area contributed by atoms with Crippen LogP contribution in [0.5, 0.6) is 5.75 Å². The first-order valence-electron chi connectivity index (χ1n) is 7.69. The Hall–Kier alpha value is -2.74. The molecule has 2 aromatic rings. The normalized spacial score (nSPS) is 16.8. The van der Waals surface area contributed by atoms with E-state index in [1.165, 1.54) is 18.3 Å². The average Bonchev–Trinajstić information content (AvgIpc) is 3.22. The van der Waals surface area contributed by atoms with Crippen molar-refractivity contribution in [1.82, 2.24) is 4.98 Å². The van der Waals surface area contributed by atoms with Gasteiger partial charge in [0.05, 0.1) is 13.0 Å². The minimum absolute atomic E-state index is 0.103. The summed E-state index contributed by atoms with van der Waals surface area (Å²) < 4.78 is 5.11. The summed E-state index contributed by atoms with van der Waals surface area (Å²) >= 11 is 1.19. The number of amides is 2. The van der Waals surface area contributed by atoms with E-state index in [4.69, 9.17) is 4.74 Å². The molecule has 1 aliphatic rings. The Morgan fingerprint density at radius 3 is 2.64 bits per heavy atom. The van der Waals surface area contributed by atoms with E-state index in [1.54, 1.807) is 41.7 Å². The zero-order chi connectivity index (χ0) is 18.0. The zero-order valence-corrected chi connectivity index (χ0v) is 14.6. The minimum Gasteiger partial charge on any atom is -0.497 e. The van der Waals surface area contributed by atoms with Gasteiger partial charge in [0.2, 0.25) is 11.8 Å². The van der Waals surface area contributed by atoms with E-state index in [1.807, 2.05) is 0 Å². The van der Waals surface area contributed by atoms with Crippen molar-refractivity contribution in [3.05, 3.63) is 35.3 Å². The smallest absolute Gasteiger partial charge is 0.231 e. The van der Waals surface area contributed by atoms with Crippen LogP contribution in [0.4, 0.5) is 10.8 Å². The maximum atomic E-state index is 12.4. The molecule has 0 bridgehead atoms. The lowest BCUT2D eigenvalue weighted by molar-refractivity contribution is -0.122. The van der Waals surface area contributed by atoms with Crippen LogP contribution < -0.4 is 15.0 Å². The van der Waals surface area contributed by atoms with Crippen molar-refractivity contribution in [3.63, 3.8) is 0 Å². The Morgan fingerprint density at radius 1 is 1.32 bits per heavy atom. The molecule has 1 aromatic carbocycles. The second-order valence-electron chi connectivity index (χ2n) is 5.69. The molecule has 1 aliphatic heterocycles. The van der Waals surface area contributed by atoms with Gasteiger partial charge >= 0.3 is 0 Å². The van der Waals surface area contributed by atoms with E-state index in [-0.39, 0.29) is 24.0 Å². The first kappa shape index (κ1) is 17.1. The standard InChI is InChI=1S/C17H17N3O4S/c1-10(21)14-9-25-17(18-14)19-16(23)11-7-15(22)20(8-11)12-3-5-13(24-2)6-4-12/h3-6,9,11H,7-8H2,1-2H3,(H,18,19,23). The zero-order valence-electron chi connectivity index (χ0n) is 13.8. The number of thiazole rings is 1. The lowest BCUT2D eigenvalue weighted by atomic mass is 10.1. The van der Waals surface area contributed by atoms with Crippen molar-refractivity contribution in [2.75, 3.05) is 23.9 Å². The Kier molecular flexibility index (Phi) is 4.80. The van der Waals surface area contributed by atoms with Gasteiger partial charge in [-0.05, 0) is 24.3 Å². The lowest BCUT2D eigenvalue weighted by Gasteiger charge is -2.16. The number of hydrogen-bond donors (Lipinski definition) is 1. The predicted molar refractivity (Wildman–Crippen MR) is 94.2 cm³/mol. The second kappa shape index (κ2) is 7.02. The SMILES string of the molecule is COc1ccc(N2CC(C(=O)Nc3nc(C(C)=O)cs3)CC2=O)cc1. The number of aromatic nitrogens is 1. The van der Waals surface area contributed by atoms with Gasteiger partial charge in [0.1, 0.15) is 11.4 Å². The molecule has 1 fully saturated rings. The Balaban J connectivity index is 1.66. The molecule has 2 heterocycles. The number of benzene rings is 1. The number of methoxy groups -OCH3 is 1. The van der Waals surface area contributed by atoms with E-state index in [0.29, 0.717) is 23.1 Å². The van der Waals surface area contributed by atoms with Crippen molar-refractivity contribution >= 4 is 39.8 Å². The van der Waals surface area contributed by atoms with E-state index < -0.39 is 5.92 Å². The van der Waals surface area contributed by atoms with Gasteiger partial charge in [-0.1, -0.05) is 0 Å². The maximum absolute atomic E-state index is 12.4. The van der Waals surface area contributed by atoms with Gasteiger partial charge in [-0.3, -0.25) is 14.4 Å². The van der Waals surface area contributed by atoms with Gasteiger partial charge in [0, 0.05) is 31.0 Å². The fourth-order valence-electron chi connectivity index (χ4n) is 2.60. The van der Waals surface area contributed by atoms with Crippen molar-refractivity contribution < 1.29 is 19.1 Å². The van der Waals surface area contributed by atoms with Crippen LogP contribution in [0.25, 0.3) is 0 Å². The summed E-state index contributed by atoms with van der Waals surface area (Å²) in [4.78, 5) is 41.5. The highest BCUT2D eigenvalue weighted by Gasteiger charge is 2.35. The van der Waals surface area contributed by atoms with Crippen LogP contribution in [0.1, 0.15) is 23.8 Å². The number of carbonyl (C=O) groups excluding carboxylic acids is 3. The summed E-state index contributed by atoms with van der Waals surface area (Å²) in [5.41, 5.74) is 1.05. The Morgan fingerprint density at radius 2 is 2.04 bits per heavy atom. The third kappa shape index (κ3) is 3.69. The predicted octanol–water partition coefficient (Wildman–Crippen LogP) is 2.35. The number of Topliss-reactive ketones (excluding diaryl/α,β-unsaturated/α-hetero) is 1. The van der Waals surface area contributed by atoms with Gasteiger partial charge in [-0.2, -0.15) is 0 Å². The fourth-order valence-corrected chi connectivity index (χ4v) is 3.35. The fraction of sp³-hybridized carbons (Fsp3) is 0.294. The highest BCUT2D eigenvalue weighted by molar-refractivity contribution is 7.14. The van der Waals surface area contributed by atoms with Crippen molar-refractivity contribution in [2.24, 2.45) is 5.92 Å². The largest absolute Gasteiger partial charge is 0.497 e. The maximum Gasteiger partial charge on any atom is 0.231 e. The molecule has 1 aromatic heterocycles. The van der Waals surface area contributed by atoms with Crippen LogP contribution in [0.3, 0.4) is 0 Å². The molecular formula is C17H17N3O4S. The molecule has 1 atom stereocenters. The highest BCUT2D eigenvalue weighted by atomic mass is 32.1. The van der Waals surface area contributed by atoms with E-state index in [2.05, 4.69) is 10.3 Å². The third-order valence-electron chi connectivity index (χ3n) is 3.97. The quantitative estimate of drug-likeness (QED) is 0.828. The van der Waals surface area contributed by atoms with E-state index in [0.717, 1.165) is 5.69 Å². The van der Waals surface area contributed by atoms with Gasteiger partial charge in [-0.15, -0.1) is 11.3 Å². The number of rotatable bonds is 5.